The average Bonchev–Trinajstić information content (AvgIpc) is 3.04. The number of fused-ring (bicyclic) bond motifs is 5. The van der Waals surface area contributed by atoms with Gasteiger partial charge in [-0.05, 0) is 103 Å². The highest BCUT2D eigenvalue weighted by molar-refractivity contribution is 5.25. The summed E-state index contributed by atoms with van der Waals surface area (Å²) in [5, 5.41) is 11.0. The first-order chi connectivity index (χ1) is 13.8. The zero-order valence-corrected chi connectivity index (χ0v) is 19.7. The Morgan fingerprint density at radius 1 is 1.03 bits per heavy atom. The molecule has 0 N–H and O–H groups in total. The molecule has 4 rings (SSSR count). The van der Waals surface area contributed by atoms with Gasteiger partial charge in [-0.1, -0.05) is 65.5 Å². The Hall–Kier alpha value is -0.340. The summed E-state index contributed by atoms with van der Waals surface area (Å²) in [7, 11) is 0. The number of allylic oxidation sites excluding steroid dienone is 1. The molecule has 0 saturated heterocycles. The van der Waals surface area contributed by atoms with Crippen molar-refractivity contribution in [3.8, 4) is 0 Å². The molecular weight excluding hydrogens is 356 g/mol. The molecule has 3 fully saturated rings. The van der Waals surface area contributed by atoms with Crippen LogP contribution in [0.3, 0.4) is 0 Å². The first-order valence-corrected chi connectivity index (χ1v) is 12.8. The van der Waals surface area contributed by atoms with E-state index >= 15 is 0 Å². The third-order valence-corrected chi connectivity index (χ3v) is 10.4. The van der Waals surface area contributed by atoms with E-state index in [2.05, 4.69) is 45.6 Å². The van der Waals surface area contributed by atoms with Crippen LogP contribution in [0.5, 0.6) is 0 Å². The second-order valence-electron chi connectivity index (χ2n) is 12.3. The molecule has 3 saturated carbocycles. The van der Waals surface area contributed by atoms with Crippen molar-refractivity contribution in [2.24, 2.45) is 46.3 Å². The zero-order valence-electron chi connectivity index (χ0n) is 19.7. The molecule has 8 atom stereocenters. The molecule has 0 aromatic carbocycles. The summed E-state index contributed by atoms with van der Waals surface area (Å²) in [5.74, 6) is 5.29. The van der Waals surface area contributed by atoms with E-state index in [1.54, 1.807) is 5.57 Å². The Morgan fingerprint density at radius 2 is 1.83 bits per heavy atom. The standard InChI is InChI=1S/C27H45O2/c1-18(2)7-6-8-19(3)23-11-12-24-22-10-9-20-17-21(29-28)13-15-26(20,4)25(22)14-16-27(23,24)5/h9,18-19,21-25H,6-8,10-17H2,1-5H3/t19-,21+,22+,23-,24+,25+,26+,27-/m1/s1. The van der Waals surface area contributed by atoms with Gasteiger partial charge >= 0.3 is 0 Å². The van der Waals surface area contributed by atoms with Gasteiger partial charge in [0.1, 0.15) is 0 Å². The van der Waals surface area contributed by atoms with Gasteiger partial charge in [0.25, 0.3) is 0 Å². The van der Waals surface area contributed by atoms with E-state index in [4.69, 9.17) is 0 Å². The van der Waals surface area contributed by atoms with Gasteiger partial charge in [-0.25, -0.2) is 4.89 Å². The van der Waals surface area contributed by atoms with Crippen molar-refractivity contribution in [1.29, 1.82) is 0 Å². The van der Waals surface area contributed by atoms with Crippen LogP contribution < -0.4 is 0 Å². The van der Waals surface area contributed by atoms with Crippen molar-refractivity contribution in [1.82, 2.24) is 0 Å². The second-order valence-corrected chi connectivity index (χ2v) is 12.3. The predicted octanol–water partition coefficient (Wildman–Crippen LogP) is 7.76. The summed E-state index contributed by atoms with van der Waals surface area (Å²) in [5.41, 5.74) is 2.46. The van der Waals surface area contributed by atoms with E-state index < -0.39 is 0 Å². The van der Waals surface area contributed by atoms with Crippen LogP contribution >= 0.6 is 0 Å². The van der Waals surface area contributed by atoms with E-state index in [0.29, 0.717) is 10.8 Å². The first-order valence-electron chi connectivity index (χ1n) is 12.8. The molecule has 2 nitrogen and oxygen atoms in total. The number of hydrogen-bond acceptors (Lipinski definition) is 1. The summed E-state index contributed by atoms with van der Waals surface area (Å²) in [6.07, 6.45) is 16.7. The molecule has 0 unspecified atom stereocenters. The van der Waals surface area contributed by atoms with Crippen LogP contribution in [-0.2, 0) is 10.1 Å². The van der Waals surface area contributed by atoms with E-state index in [1.165, 1.54) is 51.4 Å². The lowest BCUT2D eigenvalue weighted by Crippen LogP contribution is -2.50. The van der Waals surface area contributed by atoms with Crippen LogP contribution in [0, 0.1) is 46.3 Å². The lowest BCUT2D eigenvalue weighted by atomic mass is 9.47. The molecule has 0 bridgehead atoms. The van der Waals surface area contributed by atoms with Gasteiger partial charge in [-0.3, -0.25) is 0 Å². The van der Waals surface area contributed by atoms with Crippen molar-refractivity contribution in [2.45, 2.75) is 111 Å². The Kier molecular flexibility index (Phi) is 6.26. The Balaban J connectivity index is 1.48. The van der Waals surface area contributed by atoms with Gasteiger partial charge in [-0.15, -0.1) is 0 Å². The van der Waals surface area contributed by atoms with Gasteiger partial charge in [0.05, 0.1) is 6.10 Å². The molecule has 1 radical (unpaired) electrons. The van der Waals surface area contributed by atoms with E-state index in [-0.39, 0.29) is 6.10 Å². The maximum Gasteiger partial charge on any atom is 0.1000 e. The monoisotopic (exact) mass is 401 g/mol. The minimum Gasteiger partial charge on any atom is -0.200 e. The molecule has 0 aromatic rings. The molecule has 4 aliphatic carbocycles. The topological polar surface area (TPSA) is 29.1 Å². The molecule has 0 aromatic heterocycles. The van der Waals surface area contributed by atoms with Crippen LogP contribution in [0.1, 0.15) is 105 Å². The lowest BCUT2D eigenvalue weighted by molar-refractivity contribution is -0.339. The molecular formula is C27H45O2. The number of rotatable bonds is 6. The summed E-state index contributed by atoms with van der Waals surface area (Å²) in [6.45, 7) is 12.5. The molecule has 165 valence electrons. The van der Waals surface area contributed by atoms with E-state index in [1.807, 2.05) is 0 Å². The normalized spacial score (nSPS) is 45.3. The highest BCUT2D eigenvalue weighted by Crippen LogP contribution is 2.67. The zero-order chi connectivity index (χ0) is 20.8. The fourth-order valence-corrected chi connectivity index (χ4v) is 8.73. The minimum atomic E-state index is -0.0812. The summed E-state index contributed by atoms with van der Waals surface area (Å²) < 4.78 is 0. The number of hydrogen-bond donors (Lipinski definition) is 0. The van der Waals surface area contributed by atoms with Crippen LogP contribution in [0.4, 0.5) is 0 Å². The van der Waals surface area contributed by atoms with E-state index in [0.717, 1.165) is 54.8 Å². The first kappa shape index (κ1) is 21.9. The third kappa shape index (κ3) is 3.75. The molecule has 0 heterocycles. The van der Waals surface area contributed by atoms with E-state index in [9.17, 15) is 5.26 Å². The smallest absolute Gasteiger partial charge is 0.1000 e. The van der Waals surface area contributed by atoms with Crippen molar-refractivity contribution < 1.29 is 10.1 Å². The largest absolute Gasteiger partial charge is 0.200 e. The Morgan fingerprint density at radius 3 is 2.55 bits per heavy atom. The molecule has 2 heteroatoms. The van der Waals surface area contributed by atoms with Crippen LogP contribution in [0.15, 0.2) is 11.6 Å². The summed E-state index contributed by atoms with van der Waals surface area (Å²) in [6, 6.07) is 0. The SMILES string of the molecule is CC(C)CCC[C@@H](C)[C@H]1CC[C@H]2[C@@H]3CC=C4C[C@@H](O[O])CC[C@]4(C)[C@H]3CC[C@]12C. The fraction of sp³-hybridized carbons (Fsp3) is 0.926. The van der Waals surface area contributed by atoms with Crippen molar-refractivity contribution in [3.63, 3.8) is 0 Å². The van der Waals surface area contributed by atoms with Gasteiger partial charge in [0.15, 0.2) is 0 Å². The molecule has 0 amide bonds. The van der Waals surface area contributed by atoms with Crippen LogP contribution in [-0.4, -0.2) is 6.10 Å². The fourth-order valence-electron chi connectivity index (χ4n) is 8.73. The minimum absolute atomic E-state index is 0.0812. The third-order valence-electron chi connectivity index (χ3n) is 10.4. The highest BCUT2D eigenvalue weighted by atomic mass is 17.1. The maximum atomic E-state index is 11.0. The average molecular weight is 402 g/mol. The van der Waals surface area contributed by atoms with Gasteiger partial charge < -0.3 is 0 Å². The van der Waals surface area contributed by atoms with Crippen molar-refractivity contribution in [3.05, 3.63) is 11.6 Å². The molecule has 0 aliphatic heterocycles. The van der Waals surface area contributed by atoms with Gasteiger partial charge in [-0.2, -0.15) is 0 Å². The Labute approximate surface area is 179 Å². The summed E-state index contributed by atoms with van der Waals surface area (Å²) in [4.78, 5) is 4.50. The lowest BCUT2D eigenvalue weighted by Gasteiger charge is -2.58. The second kappa shape index (κ2) is 8.30. The highest BCUT2D eigenvalue weighted by Gasteiger charge is 2.59. The maximum absolute atomic E-state index is 11.0. The molecule has 0 spiro atoms. The van der Waals surface area contributed by atoms with Crippen LogP contribution in [0.2, 0.25) is 0 Å². The summed E-state index contributed by atoms with van der Waals surface area (Å²) >= 11 is 0. The van der Waals surface area contributed by atoms with Gasteiger partial charge in [0.2, 0.25) is 0 Å². The van der Waals surface area contributed by atoms with Crippen molar-refractivity contribution in [2.75, 3.05) is 0 Å². The Bertz CT molecular complexity index is 610. The molecule has 29 heavy (non-hydrogen) atoms. The van der Waals surface area contributed by atoms with Crippen LogP contribution in [0.25, 0.3) is 0 Å². The molecule has 4 aliphatic rings. The predicted molar refractivity (Wildman–Crippen MR) is 119 cm³/mol. The quantitative estimate of drug-likeness (QED) is 0.254. The van der Waals surface area contributed by atoms with Crippen molar-refractivity contribution >= 4 is 0 Å². The van der Waals surface area contributed by atoms with Gasteiger partial charge in [0, 0.05) is 0 Å².